The molecule has 0 bridgehead atoms. The second kappa shape index (κ2) is 5.94. The van der Waals surface area contributed by atoms with E-state index in [4.69, 9.17) is 20.9 Å². The van der Waals surface area contributed by atoms with E-state index in [-0.39, 0.29) is 18.4 Å². The number of fused-ring (bicyclic) bond motifs is 1. The second-order valence-electron chi connectivity index (χ2n) is 3.65. The Morgan fingerprint density at radius 3 is 2.75 bits per heavy atom. The van der Waals surface area contributed by atoms with Crippen LogP contribution in [0.15, 0.2) is 18.2 Å². The minimum Gasteiger partial charge on any atom is -0.454 e. The summed E-state index contributed by atoms with van der Waals surface area (Å²) in [7, 11) is 0. The molecule has 0 aromatic heterocycles. The normalized spacial score (nSPS) is 14.4. The quantitative estimate of drug-likeness (QED) is 0.844. The summed E-state index contributed by atoms with van der Waals surface area (Å²) in [5.74, 6) is 1.58. The fourth-order valence-electron chi connectivity index (χ4n) is 1.65. The minimum atomic E-state index is 0. The van der Waals surface area contributed by atoms with E-state index in [1.54, 1.807) is 0 Å². The Hall–Kier alpha value is -0.970. The molecule has 0 amide bonds. The highest BCUT2D eigenvalue weighted by Gasteiger charge is 2.15. The average molecular weight is 245 g/mol. The SMILES string of the molecule is Cl.NCCC[C@H](N)c1ccc2c(c1)OCO2. The Morgan fingerprint density at radius 2 is 2.00 bits per heavy atom. The first kappa shape index (κ1) is 13.1. The van der Waals surface area contributed by atoms with Crippen LogP contribution < -0.4 is 20.9 Å². The molecule has 0 aliphatic carbocycles. The van der Waals surface area contributed by atoms with Gasteiger partial charge in [-0.05, 0) is 37.1 Å². The zero-order valence-electron chi connectivity index (χ0n) is 9.02. The third kappa shape index (κ3) is 2.78. The lowest BCUT2D eigenvalue weighted by atomic mass is 10.0. The molecular weight excluding hydrogens is 228 g/mol. The van der Waals surface area contributed by atoms with Crippen LogP contribution in [0, 0.1) is 0 Å². The van der Waals surface area contributed by atoms with Gasteiger partial charge in [0.25, 0.3) is 0 Å². The molecule has 1 aromatic rings. The summed E-state index contributed by atoms with van der Waals surface area (Å²) in [6.45, 7) is 0.981. The number of benzene rings is 1. The fraction of sp³-hybridized carbons (Fsp3) is 0.455. The third-order valence-corrected chi connectivity index (χ3v) is 2.54. The average Bonchev–Trinajstić information content (AvgIpc) is 2.72. The van der Waals surface area contributed by atoms with E-state index in [9.17, 15) is 0 Å². The molecule has 0 unspecified atom stereocenters. The van der Waals surface area contributed by atoms with Gasteiger partial charge in [-0.15, -0.1) is 12.4 Å². The van der Waals surface area contributed by atoms with Crippen molar-refractivity contribution in [3.63, 3.8) is 0 Å². The van der Waals surface area contributed by atoms with Gasteiger partial charge < -0.3 is 20.9 Å². The predicted octanol–water partition coefficient (Wildman–Crippen LogP) is 1.58. The van der Waals surface area contributed by atoms with Crippen molar-refractivity contribution in [2.24, 2.45) is 11.5 Å². The van der Waals surface area contributed by atoms with Crippen molar-refractivity contribution >= 4 is 12.4 Å². The zero-order chi connectivity index (χ0) is 10.7. The minimum absolute atomic E-state index is 0. The molecule has 0 saturated heterocycles. The van der Waals surface area contributed by atoms with Gasteiger partial charge in [0.1, 0.15) is 0 Å². The molecule has 1 aromatic carbocycles. The maximum Gasteiger partial charge on any atom is 0.231 e. The molecule has 4 nitrogen and oxygen atoms in total. The molecule has 2 rings (SSSR count). The fourth-order valence-corrected chi connectivity index (χ4v) is 1.65. The summed E-state index contributed by atoms with van der Waals surface area (Å²) < 4.78 is 10.5. The van der Waals surface area contributed by atoms with Gasteiger partial charge in [-0.1, -0.05) is 6.07 Å². The lowest BCUT2D eigenvalue weighted by Gasteiger charge is -2.11. The van der Waals surface area contributed by atoms with Crippen LogP contribution in [-0.4, -0.2) is 13.3 Å². The topological polar surface area (TPSA) is 70.5 Å². The molecule has 1 aliphatic heterocycles. The molecular formula is C11H17ClN2O2. The number of ether oxygens (including phenoxy) is 2. The van der Waals surface area contributed by atoms with Crippen LogP contribution in [0.3, 0.4) is 0 Å². The summed E-state index contributed by atoms with van der Waals surface area (Å²) in [5.41, 5.74) is 12.5. The van der Waals surface area contributed by atoms with E-state index in [2.05, 4.69) is 0 Å². The molecule has 1 heterocycles. The number of hydrogen-bond acceptors (Lipinski definition) is 4. The Balaban J connectivity index is 0.00000128. The van der Waals surface area contributed by atoms with Crippen LogP contribution in [0.4, 0.5) is 0 Å². The lowest BCUT2D eigenvalue weighted by Crippen LogP contribution is -2.12. The summed E-state index contributed by atoms with van der Waals surface area (Å²) in [5, 5.41) is 0. The van der Waals surface area contributed by atoms with Crippen molar-refractivity contribution < 1.29 is 9.47 Å². The van der Waals surface area contributed by atoms with Gasteiger partial charge in [0.15, 0.2) is 11.5 Å². The number of nitrogens with two attached hydrogens (primary N) is 2. The highest BCUT2D eigenvalue weighted by molar-refractivity contribution is 5.85. The number of rotatable bonds is 4. The van der Waals surface area contributed by atoms with Crippen molar-refractivity contribution in [1.29, 1.82) is 0 Å². The first-order chi connectivity index (χ1) is 7.31. The van der Waals surface area contributed by atoms with Gasteiger partial charge in [0, 0.05) is 6.04 Å². The first-order valence-corrected chi connectivity index (χ1v) is 5.16. The van der Waals surface area contributed by atoms with Crippen LogP contribution in [0.25, 0.3) is 0 Å². The standard InChI is InChI=1S/C11H16N2O2.ClH/c12-5-1-2-9(13)8-3-4-10-11(6-8)15-7-14-10;/h3-4,6,9H,1-2,5,7,12-13H2;1H/t9-;/m0./s1. The Labute approximate surface area is 101 Å². The molecule has 0 fully saturated rings. The molecule has 0 spiro atoms. The van der Waals surface area contributed by atoms with Gasteiger partial charge in [0.05, 0.1) is 0 Å². The maximum atomic E-state index is 6.02. The first-order valence-electron chi connectivity index (χ1n) is 5.16. The van der Waals surface area contributed by atoms with E-state index in [0.29, 0.717) is 13.3 Å². The van der Waals surface area contributed by atoms with Crippen molar-refractivity contribution in [3.05, 3.63) is 23.8 Å². The molecule has 1 aliphatic rings. The Bertz CT molecular complexity index is 347. The summed E-state index contributed by atoms with van der Waals surface area (Å²) in [4.78, 5) is 0. The summed E-state index contributed by atoms with van der Waals surface area (Å²) >= 11 is 0. The van der Waals surface area contributed by atoms with Gasteiger partial charge in [-0.3, -0.25) is 0 Å². The highest BCUT2D eigenvalue weighted by Crippen LogP contribution is 2.34. The number of halogens is 1. The van der Waals surface area contributed by atoms with E-state index in [0.717, 1.165) is 29.9 Å². The summed E-state index contributed by atoms with van der Waals surface area (Å²) in [6, 6.07) is 5.86. The molecule has 0 radical (unpaired) electrons. The van der Waals surface area contributed by atoms with Crippen molar-refractivity contribution in [2.45, 2.75) is 18.9 Å². The van der Waals surface area contributed by atoms with Crippen molar-refractivity contribution in [3.8, 4) is 11.5 Å². The largest absolute Gasteiger partial charge is 0.454 e. The van der Waals surface area contributed by atoms with Crippen LogP contribution in [-0.2, 0) is 0 Å². The second-order valence-corrected chi connectivity index (χ2v) is 3.65. The lowest BCUT2D eigenvalue weighted by molar-refractivity contribution is 0.174. The molecule has 90 valence electrons. The van der Waals surface area contributed by atoms with E-state index in [1.165, 1.54) is 0 Å². The van der Waals surface area contributed by atoms with E-state index < -0.39 is 0 Å². The maximum absolute atomic E-state index is 6.02. The van der Waals surface area contributed by atoms with Gasteiger partial charge in [-0.25, -0.2) is 0 Å². The molecule has 4 N–H and O–H groups in total. The van der Waals surface area contributed by atoms with Crippen molar-refractivity contribution in [1.82, 2.24) is 0 Å². The molecule has 0 saturated carbocycles. The highest BCUT2D eigenvalue weighted by atomic mass is 35.5. The molecule has 16 heavy (non-hydrogen) atoms. The predicted molar refractivity (Wildman–Crippen MR) is 65.0 cm³/mol. The van der Waals surface area contributed by atoms with Gasteiger partial charge in [-0.2, -0.15) is 0 Å². The van der Waals surface area contributed by atoms with Gasteiger partial charge in [0.2, 0.25) is 6.79 Å². The Kier molecular flexibility index (Phi) is 4.86. The molecule has 5 heteroatoms. The third-order valence-electron chi connectivity index (χ3n) is 2.54. The van der Waals surface area contributed by atoms with Crippen molar-refractivity contribution in [2.75, 3.05) is 13.3 Å². The Morgan fingerprint density at radius 1 is 1.25 bits per heavy atom. The van der Waals surface area contributed by atoms with Gasteiger partial charge >= 0.3 is 0 Å². The smallest absolute Gasteiger partial charge is 0.231 e. The summed E-state index contributed by atoms with van der Waals surface area (Å²) in [6.07, 6.45) is 1.84. The van der Waals surface area contributed by atoms with E-state index in [1.807, 2.05) is 18.2 Å². The van der Waals surface area contributed by atoms with Crippen LogP contribution >= 0.6 is 12.4 Å². The zero-order valence-corrected chi connectivity index (χ0v) is 9.83. The van der Waals surface area contributed by atoms with Crippen LogP contribution in [0.1, 0.15) is 24.4 Å². The molecule has 1 atom stereocenters. The number of hydrogen-bond donors (Lipinski definition) is 2. The monoisotopic (exact) mass is 244 g/mol. The van der Waals surface area contributed by atoms with E-state index >= 15 is 0 Å². The van der Waals surface area contributed by atoms with Crippen LogP contribution in [0.2, 0.25) is 0 Å². The van der Waals surface area contributed by atoms with Crippen LogP contribution in [0.5, 0.6) is 11.5 Å².